The highest BCUT2D eigenvalue weighted by Gasteiger charge is 2.17. The molecule has 2 aromatic rings. The van der Waals surface area contributed by atoms with Gasteiger partial charge < -0.3 is 15.2 Å². The maximum Gasteiger partial charge on any atom is 0.254 e. The van der Waals surface area contributed by atoms with Crippen LogP contribution < -0.4 is 5.32 Å². The van der Waals surface area contributed by atoms with Gasteiger partial charge in [0, 0.05) is 45.0 Å². The summed E-state index contributed by atoms with van der Waals surface area (Å²) in [5.41, 5.74) is 1.34. The molecular formula is C15H18N4O2. The van der Waals surface area contributed by atoms with Crippen LogP contribution in [0, 0.1) is 0 Å². The highest BCUT2D eigenvalue weighted by molar-refractivity contribution is 6.00. The van der Waals surface area contributed by atoms with E-state index in [4.69, 9.17) is 0 Å². The summed E-state index contributed by atoms with van der Waals surface area (Å²) >= 11 is 0. The summed E-state index contributed by atoms with van der Waals surface area (Å²) in [5, 5.41) is 2.67. The smallest absolute Gasteiger partial charge is 0.254 e. The summed E-state index contributed by atoms with van der Waals surface area (Å²) in [6.45, 7) is 2.33. The summed E-state index contributed by atoms with van der Waals surface area (Å²) in [4.78, 5) is 32.1. The zero-order chi connectivity index (χ0) is 15.2. The van der Waals surface area contributed by atoms with Crippen molar-refractivity contribution in [2.75, 3.05) is 20.1 Å². The Morgan fingerprint density at radius 1 is 1.33 bits per heavy atom. The van der Waals surface area contributed by atoms with Crippen molar-refractivity contribution in [3.05, 3.63) is 42.2 Å². The lowest BCUT2D eigenvalue weighted by molar-refractivity contribution is -0.118. The molecule has 0 saturated carbocycles. The molecule has 2 amide bonds. The van der Waals surface area contributed by atoms with Crippen molar-refractivity contribution in [2.24, 2.45) is 0 Å². The lowest BCUT2D eigenvalue weighted by Crippen LogP contribution is -2.35. The number of H-pyrrole nitrogens is 1. The van der Waals surface area contributed by atoms with Crippen molar-refractivity contribution < 1.29 is 9.59 Å². The molecule has 0 unspecified atom stereocenters. The van der Waals surface area contributed by atoms with Crippen LogP contribution in [0.3, 0.4) is 0 Å². The maximum absolute atomic E-state index is 12.5. The number of imidazole rings is 1. The Balaban J connectivity index is 2.14. The zero-order valence-electron chi connectivity index (χ0n) is 12.1. The molecule has 1 aromatic carbocycles. The lowest BCUT2D eigenvalue weighted by atomic mass is 10.1. The molecule has 0 atom stereocenters. The third-order valence-electron chi connectivity index (χ3n) is 3.08. The molecule has 6 nitrogen and oxygen atoms in total. The Morgan fingerprint density at radius 3 is 2.76 bits per heavy atom. The van der Waals surface area contributed by atoms with Crippen molar-refractivity contribution >= 4 is 11.8 Å². The van der Waals surface area contributed by atoms with Gasteiger partial charge in [0.15, 0.2) is 0 Å². The average molecular weight is 286 g/mol. The molecule has 21 heavy (non-hydrogen) atoms. The fraction of sp³-hybridized carbons (Fsp3) is 0.267. The van der Waals surface area contributed by atoms with Crippen LogP contribution in [0.1, 0.15) is 17.3 Å². The molecule has 0 aliphatic carbocycles. The predicted octanol–water partition coefficient (Wildman–Crippen LogP) is 1.28. The van der Waals surface area contributed by atoms with Gasteiger partial charge in [0.1, 0.15) is 5.82 Å². The molecule has 0 aliphatic rings. The van der Waals surface area contributed by atoms with Gasteiger partial charge in [-0.05, 0) is 6.07 Å². The Hall–Kier alpha value is -2.63. The maximum atomic E-state index is 12.5. The molecule has 1 aromatic heterocycles. The molecule has 0 bridgehead atoms. The van der Waals surface area contributed by atoms with Crippen molar-refractivity contribution in [3.8, 4) is 11.4 Å². The first kappa shape index (κ1) is 14.8. The first-order chi connectivity index (χ1) is 10.1. The molecule has 0 fully saturated rings. The van der Waals surface area contributed by atoms with Crippen LogP contribution in [0.5, 0.6) is 0 Å². The first-order valence-corrected chi connectivity index (χ1v) is 6.68. The zero-order valence-corrected chi connectivity index (χ0v) is 12.1. The predicted molar refractivity (Wildman–Crippen MR) is 79.7 cm³/mol. The number of carbonyl (C=O) groups is 2. The molecule has 0 spiro atoms. The third-order valence-corrected chi connectivity index (χ3v) is 3.08. The van der Waals surface area contributed by atoms with Gasteiger partial charge in [-0.25, -0.2) is 4.98 Å². The van der Waals surface area contributed by atoms with E-state index in [2.05, 4.69) is 15.3 Å². The second kappa shape index (κ2) is 6.69. The summed E-state index contributed by atoms with van der Waals surface area (Å²) < 4.78 is 0. The second-order valence-electron chi connectivity index (χ2n) is 4.69. The van der Waals surface area contributed by atoms with E-state index in [1.165, 1.54) is 6.92 Å². The van der Waals surface area contributed by atoms with Crippen molar-refractivity contribution in [3.63, 3.8) is 0 Å². The van der Waals surface area contributed by atoms with Gasteiger partial charge in [0.25, 0.3) is 5.91 Å². The minimum atomic E-state index is -0.105. The van der Waals surface area contributed by atoms with E-state index in [9.17, 15) is 9.59 Å². The molecule has 6 heteroatoms. The van der Waals surface area contributed by atoms with E-state index >= 15 is 0 Å². The second-order valence-corrected chi connectivity index (χ2v) is 4.69. The normalized spacial score (nSPS) is 10.2. The van der Waals surface area contributed by atoms with Gasteiger partial charge in [-0.3, -0.25) is 9.59 Å². The van der Waals surface area contributed by atoms with E-state index < -0.39 is 0 Å². The molecular weight excluding hydrogens is 268 g/mol. The van der Waals surface area contributed by atoms with Crippen LogP contribution in [0.2, 0.25) is 0 Å². The van der Waals surface area contributed by atoms with Crippen LogP contribution >= 0.6 is 0 Å². The molecule has 0 aliphatic heterocycles. The number of hydrogen-bond acceptors (Lipinski definition) is 3. The number of aromatic amines is 1. The van der Waals surface area contributed by atoms with Crippen LogP contribution in [0.4, 0.5) is 0 Å². The topological polar surface area (TPSA) is 78.1 Å². The van der Waals surface area contributed by atoms with E-state index in [1.807, 2.05) is 18.2 Å². The number of carbonyl (C=O) groups excluding carboxylic acids is 2. The Morgan fingerprint density at radius 2 is 2.10 bits per heavy atom. The molecule has 2 rings (SSSR count). The summed E-state index contributed by atoms with van der Waals surface area (Å²) in [6, 6.07) is 7.32. The molecule has 1 heterocycles. The lowest BCUT2D eigenvalue weighted by Gasteiger charge is -2.18. The van der Waals surface area contributed by atoms with E-state index in [0.29, 0.717) is 24.5 Å². The van der Waals surface area contributed by atoms with Gasteiger partial charge >= 0.3 is 0 Å². The number of rotatable bonds is 5. The quantitative estimate of drug-likeness (QED) is 0.869. The number of hydrogen-bond donors (Lipinski definition) is 2. The minimum Gasteiger partial charge on any atom is -0.355 e. The van der Waals surface area contributed by atoms with Gasteiger partial charge in [-0.15, -0.1) is 0 Å². The fourth-order valence-electron chi connectivity index (χ4n) is 2.00. The number of nitrogens with one attached hydrogen (secondary N) is 2. The van der Waals surface area contributed by atoms with Crippen molar-refractivity contribution in [1.82, 2.24) is 20.2 Å². The molecule has 0 radical (unpaired) electrons. The Kier molecular flexibility index (Phi) is 4.71. The summed E-state index contributed by atoms with van der Waals surface area (Å²) in [7, 11) is 1.71. The van der Waals surface area contributed by atoms with Crippen LogP contribution in [-0.4, -0.2) is 46.8 Å². The number of aromatic nitrogens is 2. The van der Waals surface area contributed by atoms with Crippen molar-refractivity contribution in [1.29, 1.82) is 0 Å². The molecule has 0 saturated heterocycles. The fourth-order valence-corrected chi connectivity index (χ4v) is 2.00. The monoisotopic (exact) mass is 286 g/mol. The van der Waals surface area contributed by atoms with Crippen LogP contribution in [0.15, 0.2) is 36.7 Å². The van der Waals surface area contributed by atoms with Gasteiger partial charge in [-0.2, -0.15) is 0 Å². The minimum absolute atomic E-state index is 0.104. The molecule has 110 valence electrons. The van der Waals surface area contributed by atoms with Gasteiger partial charge in [0.2, 0.25) is 5.91 Å². The number of likely N-dealkylation sites (N-methyl/N-ethyl adjacent to an activating group) is 1. The Labute approximate surface area is 123 Å². The highest BCUT2D eigenvalue weighted by atomic mass is 16.2. The standard InChI is InChI=1S/C15H18N4O2/c1-11(20)16-9-10-19(2)15(21)13-6-4-3-5-12(13)14-17-7-8-18-14/h3-8H,9-10H2,1-2H3,(H,16,20)(H,17,18). The SMILES string of the molecule is CC(=O)NCCN(C)C(=O)c1ccccc1-c1ncc[nH]1. The largest absolute Gasteiger partial charge is 0.355 e. The number of amides is 2. The van der Waals surface area contributed by atoms with Crippen LogP contribution in [-0.2, 0) is 4.79 Å². The van der Waals surface area contributed by atoms with Crippen LogP contribution in [0.25, 0.3) is 11.4 Å². The highest BCUT2D eigenvalue weighted by Crippen LogP contribution is 2.20. The average Bonchev–Trinajstić information content (AvgIpc) is 3.00. The van der Waals surface area contributed by atoms with E-state index in [1.54, 1.807) is 30.4 Å². The Bertz CT molecular complexity index is 622. The van der Waals surface area contributed by atoms with Gasteiger partial charge in [0.05, 0.1) is 5.56 Å². The summed E-state index contributed by atoms with van der Waals surface area (Å²) in [6.07, 6.45) is 3.37. The van der Waals surface area contributed by atoms with Crippen molar-refractivity contribution in [2.45, 2.75) is 6.92 Å². The number of benzene rings is 1. The third kappa shape index (κ3) is 3.68. The first-order valence-electron chi connectivity index (χ1n) is 6.68. The number of nitrogens with zero attached hydrogens (tertiary/aromatic N) is 2. The van der Waals surface area contributed by atoms with E-state index in [-0.39, 0.29) is 11.8 Å². The summed E-state index contributed by atoms with van der Waals surface area (Å²) in [5.74, 6) is 0.452. The van der Waals surface area contributed by atoms with Gasteiger partial charge in [-0.1, -0.05) is 18.2 Å². The molecule has 2 N–H and O–H groups in total. The van der Waals surface area contributed by atoms with E-state index in [0.717, 1.165) is 5.56 Å².